The van der Waals surface area contributed by atoms with Gasteiger partial charge in [-0.15, -0.1) is 0 Å². The minimum atomic E-state index is 0.00529. The van der Waals surface area contributed by atoms with Crippen molar-refractivity contribution >= 4 is 5.91 Å². The maximum absolute atomic E-state index is 12.7. The topological polar surface area (TPSA) is 59.4 Å². The molecule has 3 rings (SSSR count). The first kappa shape index (κ1) is 16.5. The van der Waals surface area contributed by atoms with E-state index in [1.54, 1.807) is 0 Å². The maximum atomic E-state index is 12.7. The van der Waals surface area contributed by atoms with E-state index in [9.17, 15) is 4.79 Å². The highest BCUT2D eigenvalue weighted by molar-refractivity contribution is 5.96. The molecule has 3 heterocycles. The van der Waals surface area contributed by atoms with E-state index >= 15 is 0 Å². The van der Waals surface area contributed by atoms with Gasteiger partial charge in [-0.25, -0.2) is 0 Å². The smallest absolute Gasteiger partial charge is 0.255 e. The highest BCUT2D eigenvalue weighted by Crippen LogP contribution is 2.24. The number of carbonyl (C=O) groups is 1. The quantitative estimate of drug-likeness (QED) is 0.920. The number of amides is 1. The van der Waals surface area contributed by atoms with Gasteiger partial charge in [0.25, 0.3) is 5.91 Å². The predicted molar refractivity (Wildman–Crippen MR) is 88.7 cm³/mol. The predicted octanol–water partition coefficient (Wildman–Crippen LogP) is 1.67. The molecular formula is C17H28N4O2. The van der Waals surface area contributed by atoms with Gasteiger partial charge < -0.3 is 10.1 Å². The second kappa shape index (κ2) is 6.24. The molecule has 2 saturated heterocycles. The molecule has 0 spiro atoms. The Morgan fingerprint density at radius 1 is 1.35 bits per heavy atom. The SMILES string of the molecule is Cc1nn(C(C)C)c(C)c1C(=O)N[C@H]1C[C@H]2CO[C@@H](C)CN2C1. The summed E-state index contributed by atoms with van der Waals surface area (Å²) < 4.78 is 7.66. The fourth-order valence-corrected chi connectivity index (χ4v) is 3.90. The summed E-state index contributed by atoms with van der Waals surface area (Å²) in [5.74, 6) is 0.00529. The molecule has 1 N–H and O–H groups in total. The first-order valence-electron chi connectivity index (χ1n) is 8.59. The monoisotopic (exact) mass is 320 g/mol. The molecule has 0 bridgehead atoms. The van der Waals surface area contributed by atoms with Crippen LogP contribution in [0.4, 0.5) is 0 Å². The van der Waals surface area contributed by atoms with Crippen LogP contribution in [0.1, 0.15) is 55.0 Å². The third-order valence-corrected chi connectivity index (χ3v) is 4.97. The summed E-state index contributed by atoms with van der Waals surface area (Å²) in [5.41, 5.74) is 2.48. The lowest BCUT2D eigenvalue weighted by atomic mass is 10.1. The highest BCUT2D eigenvalue weighted by Gasteiger charge is 2.37. The average Bonchev–Trinajstić information content (AvgIpc) is 2.98. The molecule has 3 atom stereocenters. The van der Waals surface area contributed by atoms with Crippen LogP contribution in [0.15, 0.2) is 0 Å². The van der Waals surface area contributed by atoms with Crippen LogP contribution >= 0.6 is 0 Å². The van der Waals surface area contributed by atoms with E-state index in [2.05, 4.69) is 36.1 Å². The molecule has 0 radical (unpaired) electrons. The number of aromatic nitrogens is 2. The molecular weight excluding hydrogens is 292 g/mol. The van der Waals surface area contributed by atoms with Crippen molar-refractivity contribution in [2.24, 2.45) is 0 Å². The first-order chi connectivity index (χ1) is 10.9. The zero-order chi connectivity index (χ0) is 16.7. The van der Waals surface area contributed by atoms with E-state index in [1.807, 2.05) is 18.5 Å². The normalized spacial score (nSPS) is 28.2. The Labute approximate surface area is 138 Å². The van der Waals surface area contributed by atoms with E-state index < -0.39 is 0 Å². The summed E-state index contributed by atoms with van der Waals surface area (Å²) in [4.78, 5) is 15.2. The van der Waals surface area contributed by atoms with Crippen LogP contribution < -0.4 is 5.32 Å². The summed E-state index contributed by atoms with van der Waals surface area (Å²) in [5, 5.41) is 7.72. The Hall–Kier alpha value is -1.40. The number of nitrogens with zero attached hydrogens (tertiary/aromatic N) is 3. The Bertz CT molecular complexity index is 596. The molecule has 6 heteroatoms. The number of morpholine rings is 1. The maximum Gasteiger partial charge on any atom is 0.255 e. The molecule has 2 aliphatic rings. The number of hydrogen-bond acceptors (Lipinski definition) is 4. The number of nitrogens with one attached hydrogen (secondary N) is 1. The van der Waals surface area contributed by atoms with Gasteiger partial charge in [-0.05, 0) is 41.0 Å². The number of rotatable bonds is 3. The Kier molecular flexibility index (Phi) is 4.47. The minimum Gasteiger partial charge on any atom is -0.376 e. The van der Waals surface area contributed by atoms with E-state index in [4.69, 9.17) is 4.74 Å². The van der Waals surface area contributed by atoms with Crippen molar-refractivity contribution < 1.29 is 9.53 Å². The van der Waals surface area contributed by atoms with Crippen LogP contribution in [-0.4, -0.2) is 58.5 Å². The van der Waals surface area contributed by atoms with Crippen molar-refractivity contribution in [3.05, 3.63) is 17.0 Å². The summed E-state index contributed by atoms with van der Waals surface area (Å²) in [6.07, 6.45) is 1.25. The van der Waals surface area contributed by atoms with Gasteiger partial charge in [0.05, 0.1) is 24.0 Å². The van der Waals surface area contributed by atoms with Gasteiger partial charge in [-0.2, -0.15) is 5.10 Å². The fraction of sp³-hybridized carbons (Fsp3) is 0.765. The van der Waals surface area contributed by atoms with Crippen LogP contribution in [0.3, 0.4) is 0 Å². The number of carbonyl (C=O) groups excluding carboxylic acids is 1. The van der Waals surface area contributed by atoms with Crippen molar-refractivity contribution in [1.29, 1.82) is 0 Å². The van der Waals surface area contributed by atoms with Crippen LogP contribution in [0.25, 0.3) is 0 Å². The molecule has 0 aromatic carbocycles. The first-order valence-corrected chi connectivity index (χ1v) is 8.59. The molecule has 128 valence electrons. The summed E-state index contributed by atoms with van der Waals surface area (Å²) in [6.45, 7) is 12.8. The summed E-state index contributed by atoms with van der Waals surface area (Å²) in [7, 11) is 0. The third kappa shape index (κ3) is 3.15. The van der Waals surface area contributed by atoms with Crippen LogP contribution in [0.2, 0.25) is 0 Å². The molecule has 1 amide bonds. The molecule has 2 aliphatic heterocycles. The summed E-state index contributed by atoms with van der Waals surface area (Å²) in [6, 6.07) is 0.897. The zero-order valence-corrected chi connectivity index (χ0v) is 14.8. The van der Waals surface area contributed by atoms with Crippen molar-refractivity contribution in [3.8, 4) is 0 Å². The molecule has 1 aromatic rings. The molecule has 0 unspecified atom stereocenters. The summed E-state index contributed by atoms with van der Waals surface area (Å²) >= 11 is 0. The van der Waals surface area contributed by atoms with E-state index in [0.717, 1.165) is 43.1 Å². The van der Waals surface area contributed by atoms with Crippen molar-refractivity contribution in [1.82, 2.24) is 20.0 Å². The van der Waals surface area contributed by atoms with Crippen molar-refractivity contribution in [3.63, 3.8) is 0 Å². The molecule has 0 aliphatic carbocycles. The molecule has 6 nitrogen and oxygen atoms in total. The molecule has 2 fully saturated rings. The van der Waals surface area contributed by atoms with Crippen LogP contribution in [0, 0.1) is 13.8 Å². The zero-order valence-electron chi connectivity index (χ0n) is 14.8. The average molecular weight is 320 g/mol. The van der Waals surface area contributed by atoms with Crippen molar-refractivity contribution in [2.45, 2.75) is 65.3 Å². The molecule has 23 heavy (non-hydrogen) atoms. The van der Waals surface area contributed by atoms with Gasteiger partial charge in [0, 0.05) is 36.9 Å². The van der Waals surface area contributed by atoms with Crippen LogP contribution in [-0.2, 0) is 4.74 Å². The highest BCUT2D eigenvalue weighted by atomic mass is 16.5. The largest absolute Gasteiger partial charge is 0.376 e. The minimum absolute atomic E-state index is 0.00529. The van der Waals surface area contributed by atoms with Gasteiger partial charge in [-0.3, -0.25) is 14.4 Å². The van der Waals surface area contributed by atoms with E-state index in [-0.39, 0.29) is 24.1 Å². The Morgan fingerprint density at radius 3 is 2.74 bits per heavy atom. The lowest BCUT2D eigenvalue weighted by Gasteiger charge is -2.33. The van der Waals surface area contributed by atoms with Gasteiger partial charge in [-0.1, -0.05) is 0 Å². The Morgan fingerprint density at radius 2 is 2.09 bits per heavy atom. The van der Waals surface area contributed by atoms with Gasteiger partial charge in [0.2, 0.25) is 0 Å². The van der Waals surface area contributed by atoms with Crippen molar-refractivity contribution in [2.75, 3.05) is 19.7 Å². The molecule has 0 saturated carbocycles. The lowest BCUT2D eigenvalue weighted by Crippen LogP contribution is -2.45. The lowest BCUT2D eigenvalue weighted by molar-refractivity contribution is -0.0390. The van der Waals surface area contributed by atoms with E-state index in [1.165, 1.54) is 0 Å². The van der Waals surface area contributed by atoms with Crippen LogP contribution in [0.5, 0.6) is 0 Å². The Balaban J connectivity index is 1.69. The standard InChI is InChI=1S/C17H28N4O2/c1-10(2)21-13(5)16(12(4)19-21)17(22)18-14-6-15-9-23-11(3)7-20(15)8-14/h10-11,14-15H,6-9H2,1-5H3,(H,18,22)/t11-,14-,15-/m0/s1. The fourth-order valence-electron chi connectivity index (χ4n) is 3.90. The second-order valence-electron chi connectivity index (χ2n) is 7.24. The van der Waals surface area contributed by atoms with Gasteiger partial charge in [0.1, 0.15) is 0 Å². The number of hydrogen-bond donors (Lipinski definition) is 1. The third-order valence-electron chi connectivity index (χ3n) is 4.97. The van der Waals surface area contributed by atoms with Gasteiger partial charge in [0.15, 0.2) is 0 Å². The number of aryl methyl sites for hydroxylation is 1. The number of fused-ring (bicyclic) bond motifs is 1. The number of ether oxygens (including phenoxy) is 1. The molecule has 1 aromatic heterocycles. The second-order valence-corrected chi connectivity index (χ2v) is 7.24. The van der Waals surface area contributed by atoms with E-state index in [0.29, 0.717) is 6.04 Å². The van der Waals surface area contributed by atoms with Gasteiger partial charge >= 0.3 is 0 Å².